The van der Waals surface area contributed by atoms with Crippen molar-refractivity contribution in [3.05, 3.63) is 54.8 Å². The Morgan fingerprint density at radius 2 is 1.96 bits per heavy atom. The van der Waals surface area contributed by atoms with Crippen molar-refractivity contribution in [3.8, 4) is 15.8 Å². The number of fused-ring (bicyclic) bond motifs is 2. The SMILES string of the molecule is C=c1ccc2c(c1-c1[se]c(Br)cc1Br)[Si](C)(CCC)c1cc(O)ccc1N=2. The molecule has 1 unspecified atom stereocenters. The van der Waals surface area contributed by atoms with Crippen molar-refractivity contribution in [1.82, 2.24) is 0 Å². The third-order valence-corrected chi connectivity index (χ3v) is 14.2. The van der Waals surface area contributed by atoms with Gasteiger partial charge in [0.05, 0.1) is 0 Å². The number of rotatable bonds is 3. The molecule has 4 rings (SSSR count). The molecular weight excluding hydrogens is 549 g/mol. The van der Waals surface area contributed by atoms with E-state index < -0.39 is 8.07 Å². The van der Waals surface area contributed by atoms with E-state index in [2.05, 4.69) is 70.1 Å². The molecule has 0 amide bonds. The monoisotopic (exact) mass is 567 g/mol. The predicted octanol–water partition coefficient (Wildman–Crippen LogP) is 3.92. The number of nitrogens with zero attached hydrogens (tertiary/aromatic N) is 1. The molecule has 2 aromatic carbocycles. The summed E-state index contributed by atoms with van der Waals surface area (Å²) < 4.78 is 3.71. The maximum absolute atomic E-state index is 10.2. The molecule has 3 aromatic rings. The van der Waals surface area contributed by atoms with E-state index >= 15 is 0 Å². The molecule has 0 aliphatic carbocycles. The number of phenols is 1. The summed E-state index contributed by atoms with van der Waals surface area (Å²) in [6.45, 7) is 9.04. The van der Waals surface area contributed by atoms with Gasteiger partial charge in [0.1, 0.15) is 0 Å². The zero-order valence-electron chi connectivity index (χ0n) is 15.1. The molecule has 138 valence electrons. The van der Waals surface area contributed by atoms with Crippen LogP contribution in [0.25, 0.3) is 16.6 Å². The average molecular weight is 568 g/mol. The third kappa shape index (κ3) is 3.16. The number of hydrogen-bond donors (Lipinski definition) is 1. The zero-order valence-corrected chi connectivity index (χ0v) is 21.0. The van der Waals surface area contributed by atoms with E-state index in [-0.39, 0.29) is 14.5 Å². The van der Waals surface area contributed by atoms with Crippen molar-refractivity contribution < 1.29 is 5.11 Å². The van der Waals surface area contributed by atoms with Gasteiger partial charge in [-0.25, -0.2) is 0 Å². The molecule has 2 heterocycles. The number of halogens is 2. The van der Waals surface area contributed by atoms with E-state index in [1.54, 1.807) is 6.07 Å². The molecular formula is C21H19Br2NOSeSi. The van der Waals surface area contributed by atoms with Gasteiger partial charge in [0.25, 0.3) is 0 Å². The van der Waals surface area contributed by atoms with Crippen LogP contribution in [0.5, 0.6) is 5.75 Å². The molecule has 1 aliphatic heterocycles. The minimum absolute atomic E-state index is 0.223. The molecule has 1 aliphatic rings. The van der Waals surface area contributed by atoms with E-state index in [1.807, 2.05) is 12.1 Å². The van der Waals surface area contributed by atoms with E-state index in [4.69, 9.17) is 4.99 Å². The van der Waals surface area contributed by atoms with Crippen LogP contribution in [-0.2, 0) is 0 Å². The van der Waals surface area contributed by atoms with Crippen LogP contribution in [0, 0.1) is 0 Å². The van der Waals surface area contributed by atoms with Crippen molar-refractivity contribution in [3.63, 3.8) is 0 Å². The Balaban J connectivity index is 2.16. The quantitative estimate of drug-likeness (QED) is 0.478. The topological polar surface area (TPSA) is 32.6 Å². The second-order valence-corrected chi connectivity index (χ2v) is 16.4. The van der Waals surface area contributed by atoms with E-state index in [1.165, 1.54) is 23.7 Å². The second-order valence-electron chi connectivity index (χ2n) is 7.12. The van der Waals surface area contributed by atoms with E-state index in [0.717, 1.165) is 33.2 Å². The molecule has 1 aromatic heterocycles. The summed E-state index contributed by atoms with van der Waals surface area (Å²) in [5.74, 6) is 0.324. The Bertz CT molecular complexity index is 1170. The van der Waals surface area contributed by atoms with Gasteiger partial charge in [0.15, 0.2) is 0 Å². The van der Waals surface area contributed by atoms with Crippen molar-refractivity contribution in [2.75, 3.05) is 0 Å². The summed E-state index contributed by atoms with van der Waals surface area (Å²) in [5, 5.41) is 14.9. The molecule has 0 bridgehead atoms. The molecule has 0 saturated carbocycles. The van der Waals surface area contributed by atoms with Crippen LogP contribution in [0.2, 0.25) is 12.6 Å². The fraction of sp³-hybridized carbons (Fsp3) is 0.190. The molecule has 1 N–H and O–H groups in total. The second kappa shape index (κ2) is 7.16. The van der Waals surface area contributed by atoms with Crippen molar-refractivity contribution in [2.45, 2.75) is 25.9 Å². The van der Waals surface area contributed by atoms with Gasteiger partial charge in [-0.15, -0.1) is 0 Å². The van der Waals surface area contributed by atoms with Crippen molar-refractivity contribution in [2.24, 2.45) is 4.99 Å². The van der Waals surface area contributed by atoms with Crippen LogP contribution in [-0.4, -0.2) is 27.7 Å². The Morgan fingerprint density at radius 3 is 2.63 bits per heavy atom. The summed E-state index contributed by atoms with van der Waals surface area (Å²) >= 11 is 7.68. The first-order valence-corrected chi connectivity index (χ1v) is 14.9. The van der Waals surface area contributed by atoms with Gasteiger partial charge in [0, 0.05) is 0 Å². The van der Waals surface area contributed by atoms with E-state index in [9.17, 15) is 5.11 Å². The van der Waals surface area contributed by atoms with Gasteiger partial charge in [-0.1, -0.05) is 0 Å². The Hall–Kier alpha value is -0.914. The average Bonchev–Trinajstić information content (AvgIpc) is 2.95. The Kier molecular flexibility index (Phi) is 5.15. The predicted molar refractivity (Wildman–Crippen MR) is 124 cm³/mol. The van der Waals surface area contributed by atoms with Gasteiger partial charge in [-0.2, -0.15) is 0 Å². The number of benzene rings is 2. The standard InChI is InChI=1S/C21H19Br2NOSeSi/c1-4-9-27(3)17-10-13(25)6-8-15(17)24-16-7-5-12(2)19(21(16)27)20-14(22)11-18(23)26-20/h5-8,10-11,25H,2,4,9H2,1,3H3. The summed E-state index contributed by atoms with van der Waals surface area (Å²) in [7, 11) is -2.08. The van der Waals surface area contributed by atoms with Gasteiger partial charge in [-0.05, 0) is 0 Å². The first kappa shape index (κ1) is 19.4. The number of aromatic hydroxyl groups is 1. The number of phenolic OH excluding ortho intramolecular Hbond substituents is 1. The van der Waals surface area contributed by atoms with Crippen LogP contribution in [0.4, 0.5) is 5.69 Å². The fourth-order valence-corrected chi connectivity index (χ4v) is 13.2. The molecule has 1 atom stereocenters. The van der Waals surface area contributed by atoms with Crippen LogP contribution in [0.15, 0.2) is 49.2 Å². The molecule has 27 heavy (non-hydrogen) atoms. The first-order chi connectivity index (χ1) is 12.8. The zero-order chi connectivity index (χ0) is 19.3. The molecule has 6 heteroatoms. The fourth-order valence-electron chi connectivity index (χ4n) is 4.14. The minimum atomic E-state index is -2.08. The molecule has 0 fully saturated rings. The van der Waals surface area contributed by atoms with Gasteiger partial charge >= 0.3 is 184 Å². The summed E-state index contributed by atoms with van der Waals surface area (Å²) in [4.78, 5) is 4.98. The summed E-state index contributed by atoms with van der Waals surface area (Å²) in [5.41, 5.74) is 2.28. The van der Waals surface area contributed by atoms with Crippen LogP contribution >= 0.6 is 31.9 Å². The molecule has 0 saturated heterocycles. The van der Waals surface area contributed by atoms with Crippen molar-refractivity contribution >= 4 is 77.1 Å². The van der Waals surface area contributed by atoms with Crippen molar-refractivity contribution in [1.29, 1.82) is 0 Å². The molecule has 0 spiro atoms. The Labute approximate surface area is 182 Å². The van der Waals surface area contributed by atoms with Gasteiger partial charge in [0.2, 0.25) is 0 Å². The Morgan fingerprint density at radius 1 is 1.19 bits per heavy atom. The maximum atomic E-state index is 10.2. The summed E-state index contributed by atoms with van der Waals surface area (Å²) in [6.07, 6.45) is 1.10. The normalized spacial score (nSPS) is 17.9. The van der Waals surface area contributed by atoms with Gasteiger partial charge in [-0.3, -0.25) is 0 Å². The first-order valence-electron chi connectivity index (χ1n) is 8.85. The van der Waals surface area contributed by atoms with Gasteiger partial charge < -0.3 is 0 Å². The summed E-state index contributed by atoms with van der Waals surface area (Å²) in [6, 6.07) is 13.1. The molecule has 2 nitrogen and oxygen atoms in total. The third-order valence-electron chi connectivity index (χ3n) is 5.27. The number of hydrogen-bond acceptors (Lipinski definition) is 2. The van der Waals surface area contributed by atoms with Crippen LogP contribution in [0.3, 0.4) is 0 Å². The molecule has 0 radical (unpaired) electrons. The van der Waals surface area contributed by atoms with Crippen LogP contribution < -0.4 is 20.9 Å². The van der Waals surface area contributed by atoms with E-state index in [0.29, 0.717) is 5.75 Å². The van der Waals surface area contributed by atoms with Crippen LogP contribution in [0.1, 0.15) is 13.3 Å².